The van der Waals surface area contributed by atoms with E-state index in [1.807, 2.05) is 0 Å². The number of hydrogen-bond donors (Lipinski definition) is 0. The molecule has 3 fully saturated rings. The van der Waals surface area contributed by atoms with Crippen LogP contribution in [0.5, 0.6) is 0 Å². The number of piperidine rings is 1. The lowest BCUT2D eigenvalue weighted by Crippen LogP contribution is -2.46. The van der Waals surface area contributed by atoms with Crippen molar-refractivity contribution in [1.82, 2.24) is 14.5 Å². The molecule has 1 heterocycles. The summed E-state index contributed by atoms with van der Waals surface area (Å²) in [6.45, 7) is 21.7. The van der Waals surface area contributed by atoms with Gasteiger partial charge in [0.25, 0.3) is 8.53 Å². The fraction of sp³-hybridized carbons (Fsp3) is 0.931. The largest absolute Gasteiger partial charge is 0.342 e. The van der Waals surface area contributed by atoms with Crippen LogP contribution in [0.2, 0.25) is 0 Å². The lowest BCUT2D eigenvalue weighted by Gasteiger charge is -2.37. The minimum atomic E-state index is -1.19. The topological polar surface area (TPSA) is 49.6 Å². The van der Waals surface area contributed by atoms with Gasteiger partial charge < -0.3 is 18.8 Å². The monoisotopic (exact) mass is 536 g/mol. The lowest BCUT2D eigenvalue weighted by atomic mass is 9.98. The molecule has 2 aliphatic carbocycles. The SMILES string of the molecule is [C-]#[N+]CCOP(OCC1CCN(C(=O)CN(CC2CCCC2)CC2CCCC2)CC1)N(C(C)C)C(C)C. The number of carbonyl (C=O) groups excluding carboxylic acids is 1. The van der Waals surface area contributed by atoms with Crippen LogP contribution in [0.3, 0.4) is 0 Å². The molecule has 1 aliphatic heterocycles. The van der Waals surface area contributed by atoms with E-state index in [0.717, 1.165) is 50.9 Å². The summed E-state index contributed by atoms with van der Waals surface area (Å²) in [5, 5.41) is 0. The average molecular weight is 537 g/mol. The van der Waals surface area contributed by atoms with Gasteiger partial charge in [-0.3, -0.25) is 9.69 Å². The van der Waals surface area contributed by atoms with Crippen molar-refractivity contribution >= 4 is 14.4 Å². The van der Waals surface area contributed by atoms with E-state index in [1.165, 1.54) is 51.4 Å². The van der Waals surface area contributed by atoms with E-state index < -0.39 is 8.53 Å². The van der Waals surface area contributed by atoms with Crippen molar-refractivity contribution in [2.24, 2.45) is 17.8 Å². The number of carbonyl (C=O) groups is 1. The second-order valence-electron chi connectivity index (χ2n) is 12.1. The Bertz CT molecular complexity index is 670. The molecule has 8 heteroatoms. The first-order chi connectivity index (χ1) is 17.9. The van der Waals surface area contributed by atoms with Gasteiger partial charge in [0, 0.05) is 38.3 Å². The second-order valence-corrected chi connectivity index (χ2v) is 13.6. The van der Waals surface area contributed by atoms with Gasteiger partial charge in [-0.1, -0.05) is 25.7 Å². The number of likely N-dealkylation sites (tertiary alicyclic amines) is 1. The summed E-state index contributed by atoms with van der Waals surface area (Å²) in [4.78, 5) is 21.4. The highest BCUT2D eigenvalue weighted by atomic mass is 31.2. The summed E-state index contributed by atoms with van der Waals surface area (Å²) in [7, 11) is -1.19. The van der Waals surface area contributed by atoms with Gasteiger partial charge in [0.1, 0.15) is 6.61 Å². The van der Waals surface area contributed by atoms with Gasteiger partial charge in [-0.15, -0.1) is 0 Å². The zero-order chi connectivity index (χ0) is 26.6. The van der Waals surface area contributed by atoms with E-state index in [0.29, 0.717) is 50.2 Å². The van der Waals surface area contributed by atoms with Crippen LogP contribution in [0.4, 0.5) is 0 Å². The average Bonchev–Trinajstić information content (AvgIpc) is 3.57. The van der Waals surface area contributed by atoms with Gasteiger partial charge in [0.05, 0.1) is 13.2 Å². The highest BCUT2D eigenvalue weighted by Crippen LogP contribution is 2.46. The standard InChI is InChI=1S/C29H53N4O3P/c1-24(2)33(25(3)4)37(35-19-16-30-5)36-23-28-14-17-32(18-15-28)29(34)22-31(20-26-10-6-7-11-26)21-27-12-8-9-13-27/h24-28H,6-23H2,1-4H3. The zero-order valence-corrected chi connectivity index (χ0v) is 25.0. The third-order valence-corrected chi connectivity index (χ3v) is 10.5. The summed E-state index contributed by atoms with van der Waals surface area (Å²) in [5.41, 5.74) is 0. The highest BCUT2D eigenvalue weighted by molar-refractivity contribution is 7.44. The van der Waals surface area contributed by atoms with Gasteiger partial charge in [-0.2, -0.15) is 0 Å². The summed E-state index contributed by atoms with van der Waals surface area (Å²) < 4.78 is 14.7. The predicted molar refractivity (Wildman–Crippen MR) is 152 cm³/mol. The second kappa shape index (κ2) is 16.4. The first-order valence-electron chi connectivity index (χ1n) is 15.0. The molecule has 1 unspecified atom stereocenters. The summed E-state index contributed by atoms with van der Waals surface area (Å²) >= 11 is 0. The molecule has 7 nitrogen and oxygen atoms in total. The Kier molecular flexibility index (Phi) is 13.6. The molecule has 212 valence electrons. The van der Waals surface area contributed by atoms with Crippen molar-refractivity contribution in [3.63, 3.8) is 0 Å². The molecule has 37 heavy (non-hydrogen) atoms. The molecule has 2 saturated carbocycles. The van der Waals surface area contributed by atoms with E-state index in [4.69, 9.17) is 15.6 Å². The van der Waals surface area contributed by atoms with Crippen LogP contribution in [0.15, 0.2) is 0 Å². The minimum absolute atomic E-state index is 0.315. The van der Waals surface area contributed by atoms with Crippen molar-refractivity contribution < 1.29 is 13.8 Å². The predicted octanol–water partition coefficient (Wildman–Crippen LogP) is 6.21. The zero-order valence-electron chi connectivity index (χ0n) is 24.1. The van der Waals surface area contributed by atoms with Crippen LogP contribution >= 0.6 is 8.53 Å². The molecule has 1 atom stereocenters. The Morgan fingerprint density at radius 2 is 1.43 bits per heavy atom. The van der Waals surface area contributed by atoms with Crippen LogP contribution in [0.1, 0.15) is 91.9 Å². The van der Waals surface area contributed by atoms with Crippen LogP contribution in [0, 0.1) is 24.3 Å². The van der Waals surface area contributed by atoms with E-state index >= 15 is 0 Å². The summed E-state index contributed by atoms with van der Waals surface area (Å²) in [5.74, 6) is 2.36. The molecule has 1 amide bonds. The van der Waals surface area contributed by atoms with Crippen molar-refractivity contribution in [2.75, 3.05) is 52.5 Å². The molecule has 1 saturated heterocycles. The minimum Gasteiger partial charge on any atom is -0.342 e. The van der Waals surface area contributed by atoms with Crippen molar-refractivity contribution in [2.45, 2.75) is 104 Å². The molecular weight excluding hydrogens is 483 g/mol. The summed E-state index contributed by atoms with van der Waals surface area (Å²) in [6, 6.07) is 0.630. The van der Waals surface area contributed by atoms with Gasteiger partial charge in [0.15, 0.2) is 0 Å². The van der Waals surface area contributed by atoms with E-state index in [-0.39, 0.29) is 0 Å². The fourth-order valence-electron chi connectivity index (χ4n) is 6.44. The number of nitrogens with zero attached hydrogens (tertiary/aromatic N) is 4. The molecule has 0 N–H and O–H groups in total. The van der Waals surface area contributed by atoms with Crippen LogP contribution < -0.4 is 0 Å². The lowest BCUT2D eigenvalue weighted by molar-refractivity contribution is -0.134. The van der Waals surface area contributed by atoms with Crippen LogP contribution in [-0.4, -0.2) is 84.9 Å². The van der Waals surface area contributed by atoms with E-state index in [2.05, 4.69) is 47.0 Å². The van der Waals surface area contributed by atoms with E-state index in [1.54, 1.807) is 0 Å². The molecule has 3 rings (SSSR count). The summed E-state index contributed by atoms with van der Waals surface area (Å²) in [6.07, 6.45) is 12.8. The molecule has 0 aromatic carbocycles. The number of rotatable bonds is 15. The first-order valence-corrected chi connectivity index (χ1v) is 16.2. The fourth-order valence-corrected chi connectivity index (χ4v) is 8.11. The van der Waals surface area contributed by atoms with Crippen LogP contribution in [0.25, 0.3) is 4.85 Å². The maximum atomic E-state index is 13.3. The molecule has 0 spiro atoms. The Labute approximate surface area is 228 Å². The van der Waals surface area contributed by atoms with Crippen LogP contribution in [-0.2, 0) is 13.8 Å². The molecule has 0 aromatic heterocycles. The highest BCUT2D eigenvalue weighted by Gasteiger charge is 2.31. The van der Waals surface area contributed by atoms with Crippen molar-refractivity contribution in [3.8, 4) is 0 Å². The smallest absolute Gasteiger partial charge is 0.259 e. The van der Waals surface area contributed by atoms with Gasteiger partial charge in [0.2, 0.25) is 12.5 Å². The molecule has 3 aliphatic rings. The number of amides is 1. The third-order valence-electron chi connectivity index (χ3n) is 8.38. The quantitative estimate of drug-likeness (QED) is 0.142. The maximum absolute atomic E-state index is 13.3. The molecule has 0 radical (unpaired) electrons. The van der Waals surface area contributed by atoms with Crippen molar-refractivity contribution in [3.05, 3.63) is 11.4 Å². The number of hydrogen-bond acceptors (Lipinski definition) is 5. The Hall–Kier alpha value is -0.770. The molecular formula is C29H53N4O3P. The third kappa shape index (κ3) is 10.4. The van der Waals surface area contributed by atoms with Gasteiger partial charge in [-0.25, -0.2) is 11.2 Å². The van der Waals surface area contributed by atoms with E-state index in [9.17, 15) is 4.79 Å². The molecule has 0 bridgehead atoms. The Morgan fingerprint density at radius 1 is 0.892 bits per heavy atom. The normalized spacial score (nSPS) is 21.1. The van der Waals surface area contributed by atoms with Gasteiger partial charge in [-0.05, 0) is 84.0 Å². The Morgan fingerprint density at radius 3 is 1.92 bits per heavy atom. The first kappa shape index (κ1) is 30.8. The van der Waals surface area contributed by atoms with Gasteiger partial charge >= 0.3 is 0 Å². The Balaban J connectivity index is 1.46. The maximum Gasteiger partial charge on any atom is 0.259 e. The molecule has 0 aromatic rings. The van der Waals surface area contributed by atoms with Crippen molar-refractivity contribution in [1.29, 1.82) is 0 Å².